The lowest BCUT2D eigenvalue weighted by Gasteiger charge is -2.22. The number of hydrogen-bond donors (Lipinski definition) is 2. The van der Waals surface area contributed by atoms with Crippen LogP contribution < -0.4 is 20.1 Å². The van der Waals surface area contributed by atoms with Crippen molar-refractivity contribution in [3.63, 3.8) is 0 Å². The van der Waals surface area contributed by atoms with Gasteiger partial charge in [-0.2, -0.15) is 0 Å². The lowest BCUT2D eigenvalue weighted by atomic mass is 10.1. The second kappa shape index (κ2) is 8.88. The van der Waals surface area contributed by atoms with Crippen molar-refractivity contribution >= 4 is 21.6 Å². The third kappa shape index (κ3) is 4.58. The molecule has 0 heterocycles. The predicted octanol–water partition coefficient (Wildman–Crippen LogP) is 1.91. The molecule has 0 aliphatic carbocycles. The van der Waals surface area contributed by atoms with Gasteiger partial charge in [0.05, 0.1) is 17.7 Å². The average Bonchev–Trinajstić information content (AvgIpc) is 2.67. The number of ether oxygens (including phenoxy) is 1. The number of carbonyl (C=O) groups is 1. The number of hydrogen-bond acceptors (Lipinski definition) is 5. The van der Waals surface area contributed by atoms with Gasteiger partial charge in [0.25, 0.3) is 15.9 Å². The van der Waals surface area contributed by atoms with Crippen LogP contribution in [0.1, 0.15) is 22.3 Å². The monoisotopic (exact) mass is 391 g/mol. The van der Waals surface area contributed by atoms with Crippen LogP contribution in [0.5, 0.6) is 5.75 Å². The SMILES string of the molecule is COc1ccccc1N(C)S(=O)(=O)c1ccc(C)c(C(=O)NCCCN)c1. The Bertz CT molecular complexity index is 913. The number of anilines is 1. The zero-order chi connectivity index (χ0) is 20.0. The Morgan fingerprint density at radius 3 is 2.59 bits per heavy atom. The van der Waals surface area contributed by atoms with Crippen molar-refractivity contribution in [2.75, 3.05) is 31.6 Å². The largest absolute Gasteiger partial charge is 0.495 e. The molecule has 0 aliphatic rings. The topological polar surface area (TPSA) is 102 Å². The quantitative estimate of drug-likeness (QED) is 0.669. The molecule has 0 bridgehead atoms. The highest BCUT2D eigenvalue weighted by Crippen LogP contribution is 2.31. The van der Waals surface area contributed by atoms with E-state index in [1.165, 1.54) is 26.3 Å². The molecule has 0 atom stereocenters. The van der Waals surface area contributed by atoms with Crippen molar-refractivity contribution in [2.24, 2.45) is 5.73 Å². The second-order valence-corrected chi connectivity index (χ2v) is 7.99. The fourth-order valence-corrected chi connectivity index (χ4v) is 3.82. The van der Waals surface area contributed by atoms with Crippen LogP contribution in [0.2, 0.25) is 0 Å². The molecule has 0 radical (unpaired) electrons. The molecule has 0 fully saturated rings. The first-order valence-electron chi connectivity index (χ1n) is 8.53. The number of para-hydroxylation sites is 2. The highest BCUT2D eigenvalue weighted by atomic mass is 32.2. The number of benzene rings is 2. The van der Waals surface area contributed by atoms with E-state index < -0.39 is 10.0 Å². The summed E-state index contributed by atoms with van der Waals surface area (Å²) in [6.07, 6.45) is 0.652. The van der Waals surface area contributed by atoms with Gasteiger partial charge < -0.3 is 15.8 Å². The lowest BCUT2D eigenvalue weighted by molar-refractivity contribution is 0.0952. The van der Waals surface area contributed by atoms with E-state index in [2.05, 4.69) is 5.32 Å². The Kier molecular flexibility index (Phi) is 6.81. The van der Waals surface area contributed by atoms with Crippen LogP contribution >= 0.6 is 0 Å². The Morgan fingerprint density at radius 2 is 1.93 bits per heavy atom. The predicted molar refractivity (Wildman–Crippen MR) is 106 cm³/mol. The molecule has 0 spiro atoms. The van der Waals surface area contributed by atoms with E-state index in [0.717, 1.165) is 4.31 Å². The highest BCUT2D eigenvalue weighted by Gasteiger charge is 2.25. The average molecular weight is 391 g/mol. The normalized spacial score (nSPS) is 11.1. The summed E-state index contributed by atoms with van der Waals surface area (Å²) in [5, 5.41) is 2.75. The second-order valence-electron chi connectivity index (χ2n) is 6.02. The molecule has 2 rings (SSSR count). The van der Waals surface area contributed by atoms with Gasteiger partial charge in [0.2, 0.25) is 0 Å². The van der Waals surface area contributed by atoms with E-state index in [9.17, 15) is 13.2 Å². The Labute approximate surface area is 160 Å². The van der Waals surface area contributed by atoms with Crippen LogP contribution in [0.15, 0.2) is 47.4 Å². The molecule has 2 aromatic rings. The zero-order valence-electron chi connectivity index (χ0n) is 15.7. The Hall–Kier alpha value is -2.58. The van der Waals surface area contributed by atoms with E-state index in [1.807, 2.05) is 0 Å². The molecule has 1 amide bonds. The molecule has 0 aromatic heterocycles. The Morgan fingerprint density at radius 1 is 1.22 bits per heavy atom. The number of nitrogens with one attached hydrogen (secondary N) is 1. The van der Waals surface area contributed by atoms with Crippen LogP contribution in [0.25, 0.3) is 0 Å². The van der Waals surface area contributed by atoms with Gasteiger partial charge in [-0.3, -0.25) is 9.10 Å². The van der Waals surface area contributed by atoms with E-state index in [0.29, 0.717) is 42.1 Å². The van der Waals surface area contributed by atoms with Gasteiger partial charge in [-0.15, -0.1) is 0 Å². The van der Waals surface area contributed by atoms with Crippen molar-refractivity contribution < 1.29 is 17.9 Å². The van der Waals surface area contributed by atoms with Gasteiger partial charge in [-0.05, 0) is 49.7 Å². The lowest BCUT2D eigenvalue weighted by Crippen LogP contribution is -2.29. The highest BCUT2D eigenvalue weighted by molar-refractivity contribution is 7.92. The molecule has 0 saturated carbocycles. The number of nitrogens with zero attached hydrogens (tertiary/aromatic N) is 1. The van der Waals surface area contributed by atoms with Crippen LogP contribution in [0.3, 0.4) is 0 Å². The molecule has 7 nitrogen and oxygen atoms in total. The maximum Gasteiger partial charge on any atom is 0.264 e. The van der Waals surface area contributed by atoms with Gasteiger partial charge in [0.1, 0.15) is 5.75 Å². The zero-order valence-corrected chi connectivity index (χ0v) is 16.5. The van der Waals surface area contributed by atoms with Crippen molar-refractivity contribution in [1.29, 1.82) is 0 Å². The third-order valence-corrected chi connectivity index (χ3v) is 5.97. The smallest absolute Gasteiger partial charge is 0.264 e. The molecule has 8 heteroatoms. The first-order valence-corrected chi connectivity index (χ1v) is 9.97. The van der Waals surface area contributed by atoms with Crippen LogP contribution in [0, 0.1) is 6.92 Å². The Balaban J connectivity index is 2.38. The minimum Gasteiger partial charge on any atom is -0.495 e. The molecule has 2 aromatic carbocycles. The van der Waals surface area contributed by atoms with E-state index in [4.69, 9.17) is 10.5 Å². The minimum absolute atomic E-state index is 0.0329. The van der Waals surface area contributed by atoms with Crippen LogP contribution in [0.4, 0.5) is 5.69 Å². The molecule has 0 unspecified atom stereocenters. The third-order valence-electron chi connectivity index (χ3n) is 4.20. The number of nitrogens with two attached hydrogens (primary N) is 1. The summed E-state index contributed by atoms with van der Waals surface area (Å²) in [5.74, 6) is 0.119. The van der Waals surface area contributed by atoms with Crippen LogP contribution in [-0.4, -0.2) is 41.6 Å². The molecule has 3 N–H and O–H groups in total. The summed E-state index contributed by atoms with van der Waals surface area (Å²) in [5.41, 5.74) is 6.86. The van der Waals surface area contributed by atoms with Gasteiger partial charge >= 0.3 is 0 Å². The van der Waals surface area contributed by atoms with Crippen molar-refractivity contribution in [2.45, 2.75) is 18.2 Å². The molecular formula is C19H25N3O4S. The minimum atomic E-state index is -3.87. The van der Waals surface area contributed by atoms with E-state index >= 15 is 0 Å². The standard InChI is InChI=1S/C19H25N3O4S/c1-14-9-10-15(13-16(14)19(23)21-12-6-11-20)27(24,25)22(2)17-7-4-5-8-18(17)26-3/h4-5,7-10,13H,6,11-12,20H2,1-3H3,(H,21,23). The molecule has 27 heavy (non-hydrogen) atoms. The summed E-state index contributed by atoms with van der Waals surface area (Å²) in [7, 11) is -0.936. The molecule has 0 saturated heterocycles. The number of aryl methyl sites for hydroxylation is 1. The fraction of sp³-hybridized carbons (Fsp3) is 0.316. The number of carbonyl (C=O) groups excluding carboxylic acids is 1. The summed E-state index contributed by atoms with van der Waals surface area (Å²) in [6.45, 7) is 2.67. The number of sulfonamides is 1. The molecule has 146 valence electrons. The first kappa shape index (κ1) is 20.7. The van der Waals surface area contributed by atoms with Crippen molar-refractivity contribution in [1.82, 2.24) is 5.32 Å². The molecular weight excluding hydrogens is 366 g/mol. The summed E-state index contributed by atoms with van der Waals surface area (Å²) < 4.78 is 32.5. The number of rotatable bonds is 8. The van der Waals surface area contributed by atoms with Gasteiger partial charge in [0, 0.05) is 19.2 Å². The summed E-state index contributed by atoms with van der Waals surface area (Å²) in [6, 6.07) is 11.4. The molecule has 0 aliphatic heterocycles. The maximum absolute atomic E-state index is 13.1. The number of methoxy groups -OCH3 is 1. The first-order chi connectivity index (χ1) is 12.8. The fourth-order valence-electron chi connectivity index (χ4n) is 2.58. The van der Waals surface area contributed by atoms with Gasteiger partial charge in [-0.1, -0.05) is 18.2 Å². The van der Waals surface area contributed by atoms with Crippen LogP contribution in [-0.2, 0) is 10.0 Å². The maximum atomic E-state index is 13.1. The summed E-state index contributed by atoms with van der Waals surface area (Å²) >= 11 is 0. The van der Waals surface area contributed by atoms with Gasteiger partial charge in [-0.25, -0.2) is 8.42 Å². The van der Waals surface area contributed by atoms with Gasteiger partial charge in [0.15, 0.2) is 0 Å². The van der Waals surface area contributed by atoms with Crippen molar-refractivity contribution in [3.05, 3.63) is 53.6 Å². The van der Waals surface area contributed by atoms with Crippen molar-refractivity contribution in [3.8, 4) is 5.75 Å². The van der Waals surface area contributed by atoms with E-state index in [-0.39, 0.29) is 10.8 Å². The summed E-state index contributed by atoms with van der Waals surface area (Å²) in [4.78, 5) is 12.4. The van der Waals surface area contributed by atoms with E-state index in [1.54, 1.807) is 37.3 Å². The number of amides is 1.